The Morgan fingerprint density at radius 3 is 2.85 bits per heavy atom. The van der Waals surface area contributed by atoms with E-state index in [9.17, 15) is 14.7 Å². The molecule has 132 valence electrons. The highest BCUT2D eigenvalue weighted by Crippen LogP contribution is 2.26. The van der Waals surface area contributed by atoms with Gasteiger partial charge in [-0.05, 0) is 23.3 Å². The van der Waals surface area contributed by atoms with Gasteiger partial charge in [-0.1, -0.05) is 36.4 Å². The number of rotatable bonds is 3. The molecule has 26 heavy (non-hydrogen) atoms. The van der Waals surface area contributed by atoms with Gasteiger partial charge in [-0.15, -0.1) is 0 Å². The maximum Gasteiger partial charge on any atom is 0.270 e. The molecule has 1 aromatic heterocycles. The Labute approximate surface area is 150 Å². The van der Waals surface area contributed by atoms with Crippen LogP contribution in [0.2, 0.25) is 0 Å². The van der Waals surface area contributed by atoms with Gasteiger partial charge in [0, 0.05) is 19.4 Å². The maximum absolute atomic E-state index is 12.6. The van der Waals surface area contributed by atoms with E-state index in [0.717, 1.165) is 11.1 Å². The van der Waals surface area contributed by atoms with Gasteiger partial charge in [0.1, 0.15) is 5.69 Å². The third-order valence-corrected chi connectivity index (χ3v) is 4.77. The molecule has 0 aliphatic carbocycles. The van der Waals surface area contributed by atoms with Gasteiger partial charge in [0.2, 0.25) is 5.91 Å². The summed E-state index contributed by atoms with van der Waals surface area (Å²) in [5.41, 5.74) is 3.32. The van der Waals surface area contributed by atoms with Crippen LogP contribution in [0, 0.1) is 0 Å². The maximum atomic E-state index is 12.6. The molecule has 4 rings (SSSR count). The summed E-state index contributed by atoms with van der Waals surface area (Å²) in [7, 11) is 0. The van der Waals surface area contributed by atoms with E-state index in [-0.39, 0.29) is 30.9 Å². The first kappa shape index (κ1) is 16.5. The van der Waals surface area contributed by atoms with Crippen LogP contribution in [0.25, 0.3) is 11.0 Å². The predicted molar refractivity (Wildman–Crippen MR) is 97.5 cm³/mol. The first-order valence-corrected chi connectivity index (χ1v) is 8.63. The standard InChI is InChI=1S/C20H19N3O3/c24-18-12-23(11-13-5-1-2-6-14(13)18)19(25)10-9-17-20(26)22-16-8-4-3-7-15(16)21-17/h1-8,18,24H,9-12H2,(H,22,26)/t18-/m1/s1. The highest BCUT2D eigenvalue weighted by atomic mass is 16.3. The predicted octanol–water partition coefficient (Wildman–Crippen LogP) is 1.93. The van der Waals surface area contributed by atoms with Crippen LogP contribution in [0.15, 0.2) is 53.3 Å². The number of amides is 1. The minimum Gasteiger partial charge on any atom is -0.387 e. The summed E-state index contributed by atoms with van der Waals surface area (Å²) in [4.78, 5) is 33.5. The lowest BCUT2D eigenvalue weighted by molar-refractivity contribution is -0.134. The van der Waals surface area contributed by atoms with Crippen LogP contribution in [0.1, 0.15) is 29.3 Å². The number of aryl methyl sites for hydroxylation is 1. The molecular weight excluding hydrogens is 330 g/mol. The number of hydrogen-bond acceptors (Lipinski definition) is 4. The lowest BCUT2D eigenvalue weighted by Crippen LogP contribution is -2.38. The number of β-amino-alcohol motifs (C(OH)–C–C–N with tert-alkyl or cyclic N) is 1. The molecule has 1 aliphatic rings. The van der Waals surface area contributed by atoms with E-state index in [1.165, 1.54) is 0 Å². The van der Waals surface area contributed by atoms with Crippen LogP contribution < -0.4 is 5.56 Å². The lowest BCUT2D eigenvalue weighted by Gasteiger charge is -2.32. The van der Waals surface area contributed by atoms with E-state index >= 15 is 0 Å². The number of aromatic nitrogens is 2. The molecule has 0 saturated carbocycles. The van der Waals surface area contributed by atoms with Gasteiger partial charge in [-0.2, -0.15) is 0 Å². The summed E-state index contributed by atoms with van der Waals surface area (Å²) < 4.78 is 0. The normalized spacial score (nSPS) is 16.5. The number of fused-ring (bicyclic) bond motifs is 2. The van der Waals surface area contributed by atoms with E-state index < -0.39 is 6.10 Å². The molecule has 0 bridgehead atoms. The zero-order valence-corrected chi connectivity index (χ0v) is 14.2. The molecule has 1 aliphatic heterocycles. The quantitative estimate of drug-likeness (QED) is 0.756. The van der Waals surface area contributed by atoms with Crippen molar-refractivity contribution in [2.45, 2.75) is 25.5 Å². The SMILES string of the molecule is O=C(CCc1nc2ccccc2[nH]c1=O)N1Cc2ccccc2[C@H](O)C1. The van der Waals surface area contributed by atoms with E-state index in [1.54, 1.807) is 11.0 Å². The number of para-hydroxylation sites is 2. The summed E-state index contributed by atoms with van der Waals surface area (Å²) in [6.07, 6.45) is -0.220. The van der Waals surface area contributed by atoms with Crippen molar-refractivity contribution in [2.24, 2.45) is 0 Å². The Morgan fingerprint density at radius 2 is 1.96 bits per heavy atom. The van der Waals surface area contributed by atoms with Crippen molar-refractivity contribution < 1.29 is 9.90 Å². The molecule has 1 amide bonds. The zero-order valence-electron chi connectivity index (χ0n) is 14.2. The Balaban J connectivity index is 1.48. The molecule has 0 radical (unpaired) electrons. The third kappa shape index (κ3) is 3.11. The summed E-state index contributed by atoms with van der Waals surface area (Å²) in [5, 5.41) is 10.3. The second-order valence-electron chi connectivity index (χ2n) is 6.52. The number of aliphatic hydroxyl groups is 1. The van der Waals surface area contributed by atoms with E-state index in [2.05, 4.69) is 9.97 Å². The largest absolute Gasteiger partial charge is 0.387 e. The number of nitrogens with zero attached hydrogens (tertiary/aromatic N) is 2. The van der Waals surface area contributed by atoms with Crippen LogP contribution in [-0.4, -0.2) is 32.4 Å². The summed E-state index contributed by atoms with van der Waals surface area (Å²) in [6.45, 7) is 0.755. The number of carbonyl (C=O) groups is 1. The highest BCUT2D eigenvalue weighted by Gasteiger charge is 2.26. The van der Waals surface area contributed by atoms with Crippen LogP contribution in [0.4, 0.5) is 0 Å². The van der Waals surface area contributed by atoms with E-state index in [1.807, 2.05) is 42.5 Å². The number of aliphatic hydroxyl groups excluding tert-OH is 1. The molecule has 6 nitrogen and oxygen atoms in total. The van der Waals surface area contributed by atoms with E-state index in [4.69, 9.17) is 0 Å². The first-order valence-electron chi connectivity index (χ1n) is 8.63. The molecular formula is C20H19N3O3. The fourth-order valence-corrected chi connectivity index (χ4v) is 3.39. The Bertz CT molecular complexity index is 1030. The minimum absolute atomic E-state index is 0.0899. The van der Waals surface area contributed by atoms with Crippen molar-refractivity contribution in [2.75, 3.05) is 6.54 Å². The monoisotopic (exact) mass is 349 g/mol. The van der Waals surface area contributed by atoms with Gasteiger partial charge in [0.25, 0.3) is 5.56 Å². The van der Waals surface area contributed by atoms with Crippen molar-refractivity contribution in [3.63, 3.8) is 0 Å². The van der Waals surface area contributed by atoms with Gasteiger partial charge >= 0.3 is 0 Å². The van der Waals surface area contributed by atoms with Gasteiger partial charge in [-0.25, -0.2) is 4.98 Å². The van der Waals surface area contributed by atoms with Crippen LogP contribution >= 0.6 is 0 Å². The van der Waals surface area contributed by atoms with Crippen molar-refractivity contribution in [3.05, 3.63) is 75.7 Å². The smallest absolute Gasteiger partial charge is 0.270 e. The molecule has 0 unspecified atom stereocenters. The minimum atomic E-state index is -0.675. The number of H-pyrrole nitrogens is 1. The fraction of sp³-hybridized carbons (Fsp3) is 0.250. The fourth-order valence-electron chi connectivity index (χ4n) is 3.39. The van der Waals surface area contributed by atoms with Crippen LogP contribution in [0.3, 0.4) is 0 Å². The molecule has 1 atom stereocenters. The Hall–Kier alpha value is -2.99. The number of benzene rings is 2. The molecule has 0 spiro atoms. The number of hydrogen-bond donors (Lipinski definition) is 2. The molecule has 0 saturated heterocycles. The molecule has 2 aromatic carbocycles. The van der Waals surface area contributed by atoms with Gasteiger partial charge in [0.15, 0.2) is 0 Å². The highest BCUT2D eigenvalue weighted by molar-refractivity contribution is 5.77. The average Bonchev–Trinajstić information content (AvgIpc) is 2.66. The molecule has 2 heterocycles. The summed E-state index contributed by atoms with van der Waals surface area (Å²) in [5.74, 6) is -0.0899. The van der Waals surface area contributed by atoms with Gasteiger partial charge in [0.05, 0.1) is 23.7 Å². The molecule has 3 aromatic rings. The second-order valence-corrected chi connectivity index (χ2v) is 6.52. The van der Waals surface area contributed by atoms with Crippen LogP contribution in [-0.2, 0) is 17.8 Å². The summed E-state index contributed by atoms with van der Waals surface area (Å²) in [6, 6.07) is 14.9. The lowest BCUT2D eigenvalue weighted by atomic mass is 9.97. The topological polar surface area (TPSA) is 86.3 Å². The zero-order chi connectivity index (χ0) is 18.1. The molecule has 6 heteroatoms. The van der Waals surface area contributed by atoms with Crippen molar-refractivity contribution in [1.29, 1.82) is 0 Å². The average molecular weight is 349 g/mol. The van der Waals surface area contributed by atoms with Crippen molar-refractivity contribution in [1.82, 2.24) is 14.9 Å². The Kier molecular flexibility index (Phi) is 4.26. The second kappa shape index (κ2) is 6.72. The first-order chi connectivity index (χ1) is 12.6. The van der Waals surface area contributed by atoms with Gasteiger partial charge in [-0.3, -0.25) is 9.59 Å². The van der Waals surface area contributed by atoms with E-state index in [0.29, 0.717) is 23.3 Å². The molecule has 0 fully saturated rings. The van der Waals surface area contributed by atoms with Crippen molar-refractivity contribution in [3.8, 4) is 0 Å². The number of aromatic amines is 1. The Morgan fingerprint density at radius 1 is 1.19 bits per heavy atom. The number of nitrogens with one attached hydrogen (secondary N) is 1. The van der Waals surface area contributed by atoms with Gasteiger partial charge < -0.3 is 15.0 Å². The summed E-state index contributed by atoms with van der Waals surface area (Å²) >= 11 is 0. The third-order valence-electron chi connectivity index (χ3n) is 4.77. The number of carbonyl (C=O) groups excluding carboxylic acids is 1. The van der Waals surface area contributed by atoms with Crippen molar-refractivity contribution >= 4 is 16.9 Å². The van der Waals surface area contributed by atoms with Crippen LogP contribution in [0.5, 0.6) is 0 Å². The molecule has 2 N–H and O–H groups in total.